The molecule has 0 aliphatic heterocycles. The molecule has 3 rings (SSSR count). The molecule has 0 aliphatic carbocycles. The van der Waals surface area contributed by atoms with Crippen molar-refractivity contribution in [1.82, 2.24) is 9.55 Å². The van der Waals surface area contributed by atoms with Gasteiger partial charge >= 0.3 is 0 Å². The van der Waals surface area contributed by atoms with E-state index in [2.05, 4.69) is 15.6 Å². The minimum atomic E-state index is 0.681. The molecular formula is C15H14ClN3. The second kappa shape index (κ2) is 4.59. The van der Waals surface area contributed by atoms with Crippen LogP contribution in [0.5, 0.6) is 0 Å². The second-order valence-electron chi connectivity index (χ2n) is 4.58. The molecule has 0 saturated carbocycles. The highest BCUT2D eigenvalue weighted by Crippen LogP contribution is 2.23. The first-order valence-corrected chi connectivity index (χ1v) is 6.49. The van der Waals surface area contributed by atoms with Gasteiger partial charge in [0, 0.05) is 10.7 Å². The topological polar surface area (TPSA) is 43.8 Å². The van der Waals surface area contributed by atoms with E-state index in [-0.39, 0.29) is 0 Å². The molecular weight excluding hydrogens is 258 g/mol. The number of rotatable bonds is 2. The lowest BCUT2D eigenvalue weighted by molar-refractivity contribution is 0.786. The summed E-state index contributed by atoms with van der Waals surface area (Å²) in [5.74, 6) is 0.981. The van der Waals surface area contributed by atoms with Gasteiger partial charge in [-0.1, -0.05) is 29.8 Å². The van der Waals surface area contributed by atoms with Crippen molar-refractivity contribution in [3.63, 3.8) is 0 Å². The number of hydrogen-bond acceptors (Lipinski definition) is 2. The number of nitrogens with two attached hydrogens (primary N) is 1. The highest BCUT2D eigenvalue weighted by molar-refractivity contribution is 6.31. The fourth-order valence-electron chi connectivity index (χ4n) is 2.26. The van der Waals surface area contributed by atoms with Crippen LogP contribution in [0.1, 0.15) is 11.4 Å². The standard InChI is InChI=1S/C15H14ClN3/c1-10-18-14-4-2-3-5-15(14)19(10)9-11-6-7-12(17)8-13(11)16/h2-8H,9,17H2,1H3. The van der Waals surface area contributed by atoms with Crippen molar-refractivity contribution in [1.29, 1.82) is 0 Å². The summed E-state index contributed by atoms with van der Waals surface area (Å²) >= 11 is 6.24. The highest BCUT2D eigenvalue weighted by Gasteiger charge is 2.09. The Balaban J connectivity index is 2.08. The third kappa shape index (κ3) is 2.17. The molecule has 0 saturated heterocycles. The van der Waals surface area contributed by atoms with Gasteiger partial charge in [0.25, 0.3) is 0 Å². The monoisotopic (exact) mass is 271 g/mol. The van der Waals surface area contributed by atoms with Crippen LogP contribution in [-0.2, 0) is 6.54 Å². The largest absolute Gasteiger partial charge is 0.399 e. The molecule has 0 amide bonds. The van der Waals surface area contributed by atoms with E-state index in [1.807, 2.05) is 37.3 Å². The fraction of sp³-hybridized carbons (Fsp3) is 0.133. The van der Waals surface area contributed by atoms with Gasteiger partial charge < -0.3 is 10.3 Å². The van der Waals surface area contributed by atoms with Crippen molar-refractivity contribution >= 4 is 28.3 Å². The predicted octanol–water partition coefficient (Wildman–Crippen LogP) is 3.63. The van der Waals surface area contributed by atoms with E-state index in [9.17, 15) is 0 Å². The maximum Gasteiger partial charge on any atom is 0.107 e. The number of halogens is 1. The Bertz CT molecular complexity index is 746. The average molecular weight is 272 g/mol. The van der Waals surface area contributed by atoms with Crippen LogP contribution in [-0.4, -0.2) is 9.55 Å². The number of aromatic nitrogens is 2. The number of nitrogens with zero attached hydrogens (tertiary/aromatic N) is 2. The van der Waals surface area contributed by atoms with Crippen molar-refractivity contribution in [2.75, 3.05) is 5.73 Å². The maximum atomic E-state index is 6.24. The van der Waals surface area contributed by atoms with E-state index in [1.165, 1.54) is 0 Å². The van der Waals surface area contributed by atoms with Gasteiger partial charge in [0.15, 0.2) is 0 Å². The van der Waals surface area contributed by atoms with Gasteiger partial charge in [-0.3, -0.25) is 0 Å². The Morgan fingerprint density at radius 1 is 1.21 bits per heavy atom. The molecule has 2 aromatic carbocycles. The fourth-order valence-corrected chi connectivity index (χ4v) is 2.51. The third-order valence-corrected chi connectivity index (χ3v) is 3.60. The Morgan fingerprint density at radius 3 is 2.79 bits per heavy atom. The van der Waals surface area contributed by atoms with Crippen molar-refractivity contribution in [3.8, 4) is 0 Å². The summed E-state index contributed by atoms with van der Waals surface area (Å²) in [6.45, 7) is 2.71. The van der Waals surface area contributed by atoms with Gasteiger partial charge in [0.1, 0.15) is 5.82 Å². The van der Waals surface area contributed by atoms with Crippen LogP contribution in [0.2, 0.25) is 5.02 Å². The van der Waals surface area contributed by atoms with Gasteiger partial charge in [-0.2, -0.15) is 0 Å². The molecule has 19 heavy (non-hydrogen) atoms. The summed E-state index contributed by atoms with van der Waals surface area (Å²) in [6, 6.07) is 13.7. The Morgan fingerprint density at radius 2 is 2.00 bits per heavy atom. The predicted molar refractivity (Wildman–Crippen MR) is 79.4 cm³/mol. The third-order valence-electron chi connectivity index (χ3n) is 3.25. The van der Waals surface area contributed by atoms with Crippen molar-refractivity contribution in [3.05, 3.63) is 58.9 Å². The molecule has 0 unspecified atom stereocenters. The Kier molecular flexibility index (Phi) is 2.91. The first-order chi connectivity index (χ1) is 9.15. The van der Waals surface area contributed by atoms with Crippen LogP contribution in [0.15, 0.2) is 42.5 Å². The normalized spacial score (nSPS) is 11.1. The Hall–Kier alpha value is -2.00. The minimum Gasteiger partial charge on any atom is -0.399 e. The molecule has 3 nitrogen and oxygen atoms in total. The summed E-state index contributed by atoms with van der Waals surface area (Å²) in [5, 5.41) is 0.692. The molecule has 0 bridgehead atoms. The van der Waals surface area contributed by atoms with Crippen LogP contribution in [0.4, 0.5) is 5.69 Å². The molecule has 0 fully saturated rings. The van der Waals surface area contributed by atoms with Crippen LogP contribution in [0, 0.1) is 6.92 Å². The van der Waals surface area contributed by atoms with Crippen molar-refractivity contribution in [2.24, 2.45) is 0 Å². The first kappa shape index (κ1) is 12.1. The lowest BCUT2D eigenvalue weighted by Gasteiger charge is -2.09. The number of anilines is 1. The molecule has 0 atom stereocenters. The molecule has 0 radical (unpaired) electrons. The number of nitrogen functional groups attached to an aromatic ring is 1. The van der Waals surface area contributed by atoms with Crippen molar-refractivity contribution in [2.45, 2.75) is 13.5 Å². The van der Waals surface area contributed by atoms with Gasteiger partial charge in [-0.25, -0.2) is 4.98 Å². The summed E-state index contributed by atoms with van der Waals surface area (Å²) in [5.41, 5.74) is 9.57. The Labute approximate surface area is 116 Å². The molecule has 1 aromatic heterocycles. The molecule has 4 heteroatoms. The summed E-state index contributed by atoms with van der Waals surface area (Å²) in [7, 11) is 0. The summed E-state index contributed by atoms with van der Waals surface area (Å²) in [4.78, 5) is 4.55. The lowest BCUT2D eigenvalue weighted by atomic mass is 10.2. The second-order valence-corrected chi connectivity index (χ2v) is 4.99. The van der Waals surface area contributed by atoms with Crippen LogP contribution >= 0.6 is 11.6 Å². The molecule has 0 aliphatic rings. The number of para-hydroxylation sites is 2. The highest BCUT2D eigenvalue weighted by atomic mass is 35.5. The molecule has 2 N–H and O–H groups in total. The van der Waals surface area contributed by atoms with Crippen LogP contribution in [0.25, 0.3) is 11.0 Å². The maximum absolute atomic E-state index is 6.24. The lowest BCUT2D eigenvalue weighted by Crippen LogP contribution is -2.03. The molecule has 1 heterocycles. The SMILES string of the molecule is Cc1nc2ccccc2n1Cc1ccc(N)cc1Cl. The van der Waals surface area contributed by atoms with Crippen LogP contribution in [0.3, 0.4) is 0 Å². The quantitative estimate of drug-likeness (QED) is 0.724. The number of imidazole rings is 1. The van der Waals surface area contributed by atoms with Gasteiger partial charge in [0.05, 0.1) is 17.6 Å². The number of hydrogen-bond donors (Lipinski definition) is 1. The molecule has 0 spiro atoms. The van der Waals surface area contributed by atoms with E-state index in [0.717, 1.165) is 22.4 Å². The van der Waals surface area contributed by atoms with E-state index < -0.39 is 0 Å². The number of aryl methyl sites for hydroxylation is 1. The van der Waals surface area contributed by atoms with E-state index >= 15 is 0 Å². The first-order valence-electron chi connectivity index (χ1n) is 6.11. The summed E-state index contributed by atoms with van der Waals surface area (Å²) < 4.78 is 2.16. The van der Waals surface area contributed by atoms with Gasteiger partial charge in [-0.15, -0.1) is 0 Å². The van der Waals surface area contributed by atoms with E-state index in [4.69, 9.17) is 17.3 Å². The van der Waals surface area contributed by atoms with E-state index in [1.54, 1.807) is 6.07 Å². The van der Waals surface area contributed by atoms with Crippen LogP contribution < -0.4 is 5.73 Å². The number of benzene rings is 2. The zero-order chi connectivity index (χ0) is 13.4. The molecule has 96 valence electrons. The zero-order valence-corrected chi connectivity index (χ0v) is 11.4. The number of fused-ring (bicyclic) bond motifs is 1. The molecule has 3 aromatic rings. The summed E-state index contributed by atoms with van der Waals surface area (Å²) in [6.07, 6.45) is 0. The van der Waals surface area contributed by atoms with Gasteiger partial charge in [0.2, 0.25) is 0 Å². The zero-order valence-electron chi connectivity index (χ0n) is 10.6. The van der Waals surface area contributed by atoms with E-state index in [0.29, 0.717) is 17.3 Å². The van der Waals surface area contributed by atoms with Gasteiger partial charge in [-0.05, 0) is 36.8 Å². The smallest absolute Gasteiger partial charge is 0.107 e. The minimum absolute atomic E-state index is 0.681. The van der Waals surface area contributed by atoms with Crippen molar-refractivity contribution < 1.29 is 0 Å². The average Bonchev–Trinajstić information content (AvgIpc) is 2.69.